The molecule has 0 heteroatoms. The fourth-order valence-corrected chi connectivity index (χ4v) is 1.40. The van der Waals surface area contributed by atoms with Gasteiger partial charge in [0.2, 0.25) is 0 Å². The zero-order valence-corrected chi connectivity index (χ0v) is 7.58. The molecule has 0 heterocycles. The van der Waals surface area contributed by atoms with Gasteiger partial charge < -0.3 is 0 Å². The number of hydrogen-bond acceptors (Lipinski definition) is 0. The molecule has 0 nitrogen and oxygen atoms in total. The fourth-order valence-electron chi connectivity index (χ4n) is 1.40. The van der Waals surface area contributed by atoms with Gasteiger partial charge in [-0.2, -0.15) is 0 Å². The van der Waals surface area contributed by atoms with Crippen molar-refractivity contribution in [2.24, 2.45) is 5.41 Å². The monoisotopic (exact) mass is 136 g/mol. The summed E-state index contributed by atoms with van der Waals surface area (Å²) in [5, 5.41) is 0. The minimum Gasteiger partial charge on any atom is -0.0633 e. The first-order valence-electron chi connectivity index (χ1n) is 3.83. The Hall–Kier alpha value is -0.520. The first-order valence-corrected chi connectivity index (χ1v) is 3.83. The Morgan fingerprint density at radius 3 is 1.70 bits per heavy atom. The highest BCUT2D eigenvalue weighted by atomic mass is 14.3. The highest BCUT2D eigenvalue weighted by Crippen LogP contribution is 2.41. The third-order valence-corrected chi connectivity index (χ3v) is 2.95. The van der Waals surface area contributed by atoms with E-state index in [0.29, 0.717) is 5.41 Å². The van der Waals surface area contributed by atoms with Gasteiger partial charge in [-0.15, -0.1) is 0 Å². The molecule has 0 atom stereocenters. The van der Waals surface area contributed by atoms with Crippen molar-refractivity contribution in [2.75, 3.05) is 0 Å². The van der Waals surface area contributed by atoms with E-state index in [4.69, 9.17) is 0 Å². The van der Waals surface area contributed by atoms with Crippen molar-refractivity contribution >= 4 is 0 Å². The zero-order valence-electron chi connectivity index (χ0n) is 7.58. The Kier molecular flexibility index (Phi) is 1.50. The van der Waals surface area contributed by atoms with E-state index in [1.807, 2.05) is 0 Å². The van der Waals surface area contributed by atoms with Crippen LogP contribution in [0.4, 0.5) is 0 Å². The molecule has 0 aromatic heterocycles. The van der Waals surface area contributed by atoms with E-state index in [2.05, 4.69) is 40.7 Å². The van der Waals surface area contributed by atoms with E-state index in [9.17, 15) is 0 Å². The van der Waals surface area contributed by atoms with Crippen molar-refractivity contribution in [3.63, 3.8) is 0 Å². The lowest BCUT2D eigenvalue weighted by Gasteiger charge is -2.22. The van der Waals surface area contributed by atoms with Crippen LogP contribution in [0.5, 0.6) is 0 Å². The molecular formula is C10H16. The van der Waals surface area contributed by atoms with Crippen molar-refractivity contribution < 1.29 is 0 Å². The molecule has 0 radical (unpaired) electrons. The predicted molar refractivity (Wildman–Crippen MR) is 45.9 cm³/mol. The third kappa shape index (κ3) is 0.828. The highest BCUT2D eigenvalue weighted by Gasteiger charge is 2.27. The van der Waals surface area contributed by atoms with Gasteiger partial charge in [-0.25, -0.2) is 0 Å². The topological polar surface area (TPSA) is 0 Å². The maximum Gasteiger partial charge on any atom is 0.00674 e. The highest BCUT2D eigenvalue weighted by molar-refractivity contribution is 5.42. The van der Waals surface area contributed by atoms with Crippen LogP contribution in [0.1, 0.15) is 34.6 Å². The van der Waals surface area contributed by atoms with Crippen molar-refractivity contribution in [3.8, 4) is 0 Å². The molecule has 10 heavy (non-hydrogen) atoms. The summed E-state index contributed by atoms with van der Waals surface area (Å²) in [5.74, 6) is 0. The second-order valence-electron chi connectivity index (χ2n) is 3.76. The first-order chi connectivity index (χ1) is 4.46. The molecule has 1 rings (SSSR count). The van der Waals surface area contributed by atoms with Crippen molar-refractivity contribution in [1.82, 2.24) is 0 Å². The quantitative estimate of drug-likeness (QED) is 0.479. The molecule has 0 unspecified atom stereocenters. The second kappa shape index (κ2) is 1.98. The van der Waals surface area contributed by atoms with Crippen LogP contribution >= 0.6 is 0 Å². The Bertz CT molecular complexity index is 214. The molecule has 0 saturated carbocycles. The lowest BCUT2D eigenvalue weighted by molar-refractivity contribution is 0.549. The number of hydrogen-bond donors (Lipinski definition) is 0. The van der Waals surface area contributed by atoms with Gasteiger partial charge in [-0.1, -0.05) is 36.6 Å². The molecule has 0 aromatic carbocycles. The molecule has 0 fully saturated rings. The van der Waals surface area contributed by atoms with Crippen molar-refractivity contribution in [1.29, 1.82) is 0 Å². The molecule has 0 spiro atoms. The Balaban J connectivity index is 3.11. The largest absolute Gasteiger partial charge is 0.0633 e. The van der Waals surface area contributed by atoms with Gasteiger partial charge in [0.15, 0.2) is 0 Å². The van der Waals surface area contributed by atoms with Crippen LogP contribution in [0, 0.1) is 5.41 Å². The summed E-state index contributed by atoms with van der Waals surface area (Å²) in [4.78, 5) is 0. The van der Waals surface area contributed by atoms with Crippen LogP contribution in [0.3, 0.4) is 0 Å². The van der Waals surface area contributed by atoms with Gasteiger partial charge >= 0.3 is 0 Å². The average molecular weight is 136 g/mol. The van der Waals surface area contributed by atoms with Gasteiger partial charge in [-0.3, -0.25) is 0 Å². The zero-order chi connectivity index (χ0) is 7.94. The molecule has 0 N–H and O–H groups in total. The van der Waals surface area contributed by atoms with Crippen LogP contribution in [0.25, 0.3) is 0 Å². The van der Waals surface area contributed by atoms with E-state index >= 15 is 0 Å². The molecule has 0 saturated heterocycles. The molecule has 1 aliphatic rings. The normalized spacial score (nSPS) is 23.5. The van der Waals surface area contributed by atoms with E-state index in [1.165, 1.54) is 16.7 Å². The van der Waals surface area contributed by atoms with E-state index in [1.54, 1.807) is 0 Å². The molecule has 0 amide bonds. The maximum absolute atomic E-state index is 2.29. The lowest BCUT2D eigenvalue weighted by atomic mass is 9.82. The van der Waals surface area contributed by atoms with Crippen molar-refractivity contribution in [2.45, 2.75) is 34.6 Å². The summed E-state index contributed by atoms with van der Waals surface area (Å²) in [6.45, 7) is 11.2. The summed E-state index contributed by atoms with van der Waals surface area (Å²) < 4.78 is 0. The van der Waals surface area contributed by atoms with Gasteiger partial charge in [0, 0.05) is 5.41 Å². The number of allylic oxidation sites excluding steroid dienone is 4. The predicted octanol–water partition coefficient (Wildman–Crippen LogP) is 3.31. The number of rotatable bonds is 0. The Morgan fingerprint density at radius 1 is 1.10 bits per heavy atom. The molecule has 1 aliphatic carbocycles. The van der Waals surface area contributed by atoms with Gasteiger partial charge in [-0.05, 0) is 20.8 Å². The van der Waals surface area contributed by atoms with Crippen LogP contribution < -0.4 is 0 Å². The van der Waals surface area contributed by atoms with E-state index in [-0.39, 0.29) is 0 Å². The molecule has 0 aliphatic heterocycles. The van der Waals surface area contributed by atoms with Crippen LogP contribution in [-0.4, -0.2) is 0 Å². The summed E-state index contributed by atoms with van der Waals surface area (Å²) >= 11 is 0. The van der Waals surface area contributed by atoms with Gasteiger partial charge in [0.05, 0.1) is 0 Å². The molecular weight excluding hydrogens is 120 g/mol. The summed E-state index contributed by atoms with van der Waals surface area (Å²) in [6, 6.07) is 0. The lowest BCUT2D eigenvalue weighted by Crippen LogP contribution is -2.10. The first kappa shape index (κ1) is 7.59. The van der Waals surface area contributed by atoms with Crippen LogP contribution in [0.15, 0.2) is 22.8 Å². The van der Waals surface area contributed by atoms with Crippen LogP contribution in [0.2, 0.25) is 0 Å². The summed E-state index contributed by atoms with van der Waals surface area (Å²) in [5.41, 5.74) is 4.78. The van der Waals surface area contributed by atoms with E-state index < -0.39 is 0 Å². The average Bonchev–Trinajstić information content (AvgIpc) is 1.97. The van der Waals surface area contributed by atoms with Gasteiger partial charge in [0.1, 0.15) is 0 Å². The fraction of sp³-hybridized carbons (Fsp3) is 0.600. The maximum atomic E-state index is 2.29. The molecule has 0 bridgehead atoms. The standard InChI is InChI=1S/C10H16/c1-7-6-8(2)10(4,5)9(7)3/h6H,1-5H3. The third-order valence-electron chi connectivity index (χ3n) is 2.95. The Morgan fingerprint density at radius 2 is 1.60 bits per heavy atom. The second-order valence-corrected chi connectivity index (χ2v) is 3.76. The molecule has 56 valence electrons. The summed E-state index contributed by atoms with van der Waals surface area (Å²) in [7, 11) is 0. The van der Waals surface area contributed by atoms with Crippen LogP contribution in [-0.2, 0) is 0 Å². The minimum absolute atomic E-state index is 0.323. The summed E-state index contributed by atoms with van der Waals surface area (Å²) in [6.07, 6.45) is 2.29. The Labute approximate surface area is 63.6 Å². The SMILES string of the molecule is CC1=CC(C)=C(C)C1(C)C. The smallest absolute Gasteiger partial charge is 0.00674 e. The van der Waals surface area contributed by atoms with Gasteiger partial charge in [0.25, 0.3) is 0 Å². The van der Waals surface area contributed by atoms with Crippen molar-refractivity contribution in [3.05, 3.63) is 22.8 Å². The minimum atomic E-state index is 0.323. The van der Waals surface area contributed by atoms with E-state index in [0.717, 1.165) is 0 Å². The molecule has 0 aromatic rings.